The summed E-state index contributed by atoms with van der Waals surface area (Å²) in [5.74, 6) is 0. The molecule has 0 saturated heterocycles. The fourth-order valence-electron chi connectivity index (χ4n) is 1.30. The Labute approximate surface area is 87.5 Å². The molecule has 0 aliphatic rings. The van der Waals surface area contributed by atoms with Gasteiger partial charge in [-0.05, 0) is 27.2 Å². The summed E-state index contributed by atoms with van der Waals surface area (Å²) in [6, 6.07) is 0.693. The summed E-state index contributed by atoms with van der Waals surface area (Å²) in [5, 5.41) is 8.79. The van der Waals surface area contributed by atoms with Crippen LogP contribution in [0.4, 0.5) is 0 Å². The van der Waals surface area contributed by atoms with Crippen LogP contribution >= 0.6 is 0 Å². The maximum Gasteiger partial charge on any atom is 0.501 e. The summed E-state index contributed by atoms with van der Waals surface area (Å²) in [6.07, 6.45) is 0.673. The molecular formula is C9H22O4Si. The highest BCUT2D eigenvalue weighted by molar-refractivity contribution is 6.60. The molecule has 0 amide bonds. The van der Waals surface area contributed by atoms with Gasteiger partial charge in [0, 0.05) is 32.5 Å². The fraction of sp³-hybridized carbons (Fsp3) is 1.00. The zero-order valence-electron chi connectivity index (χ0n) is 9.41. The standard InChI is InChI=1S/C9H22O4Si/c1-4-11-14(12-5-2,13-6-3)9-7-8-10/h10H,4-9H2,1-3H3. The maximum atomic E-state index is 8.79. The highest BCUT2D eigenvalue weighted by Crippen LogP contribution is 2.17. The van der Waals surface area contributed by atoms with E-state index in [1.54, 1.807) is 0 Å². The third-order valence-corrected chi connectivity index (χ3v) is 4.89. The molecule has 0 aliphatic heterocycles. The Balaban J connectivity index is 4.21. The van der Waals surface area contributed by atoms with Crippen LogP contribution in [0.1, 0.15) is 27.2 Å². The predicted octanol–water partition coefficient (Wildman–Crippen LogP) is 1.42. The van der Waals surface area contributed by atoms with Crippen LogP contribution in [0.25, 0.3) is 0 Å². The van der Waals surface area contributed by atoms with E-state index in [0.29, 0.717) is 32.3 Å². The smallest absolute Gasteiger partial charge is 0.396 e. The average molecular weight is 222 g/mol. The highest BCUT2D eigenvalue weighted by atomic mass is 28.4. The van der Waals surface area contributed by atoms with Crippen molar-refractivity contribution in [2.75, 3.05) is 26.4 Å². The van der Waals surface area contributed by atoms with Crippen LogP contribution in [0, 0.1) is 0 Å². The zero-order valence-corrected chi connectivity index (χ0v) is 10.4. The van der Waals surface area contributed by atoms with Crippen molar-refractivity contribution < 1.29 is 18.4 Å². The van der Waals surface area contributed by atoms with Crippen LogP contribution < -0.4 is 0 Å². The van der Waals surface area contributed by atoms with E-state index in [4.69, 9.17) is 18.4 Å². The van der Waals surface area contributed by atoms with Gasteiger partial charge in [0.2, 0.25) is 0 Å². The molecule has 86 valence electrons. The Hall–Kier alpha value is 0.0569. The molecule has 0 aromatic heterocycles. The van der Waals surface area contributed by atoms with E-state index in [1.807, 2.05) is 20.8 Å². The first kappa shape index (κ1) is 14.1. The zero-order chi connectivity index (χ0) is 10.9. The molecule has 0 radical (unpaired) electrons. The van der Waals surface area contributed by atoms with Crippen LogP contribution in [0.5, 0.6) is 0 Å². The molecule has 0 rings (SSSR count). The van der Waals surface area contributed by atoms with Crippen molar-refractivity contribution >= 4 is 8.80 Å². The summed E-state index contributed by atoms with van der Waals surface area (Å²) in [6.45, 7) is 7.73. The Kier molecular flexibility index (Phi) is 8.41. The second kappa shape index (κ2) is 8.37. The van der Waals surface area contributed by atoms with Crippen LogP contribution in [-0.4, -0.2) is 40.3 Å². The van der Waals surface area contributed by atoms with Crippen LogP contribution in [-0.2, 0) is 13.3 Å². The number of hydrogen-bond donors (Lipinski definition) is 1. The first-order valence-corrected chi connectivity index (χ1v) is 7.20. The molecule has 0 aromatic rings. The van der Waals surface area contributed by atoms with Crippen molar-refractivity contribution in [3.05, 3.63) is 0 Å². The van der Waals surface area contributed by atoms with Gasteiger partial charge in [-0.2, -0.15) is 0 Å². The van der Waals surface area contributed by atoms with Gasteiger partial charge in [0.25, 0.3) is 0 Å². The van der Waals surface area contributed by atoms with E-state index < -0.39 is 8.80 Å². The van der Waals surface area contributed by atoms with Gasteiger partial charge in [-0.15, -0.1) is 0 Å². The average Bonchev–Trinajstić information content (AvgIpc) is 2.16. The van der Waals surface area contributed by atoms with Crippen molar-refractivity contribution in [3.8, 4) is 0 Å². The van der Waals surface area contributed by atoms with E-state index in [0.717, 1.165) is 0 Å². The topological polar surface area (TPSA) is 47.9 Å². The van der Waals surface area contributed by atoms with Crippen LogP contribution in [0.2, 0.25) is 6.04 Å². The third kappa shape index (κ3) is 5.07. The maximum absolute atomic E-state index is 8.79. The third-order valence-electron chi connectivity index (χ3n) is 1.73. The first-order chi connectivity index (χ1) is 6.74. The molecule has 0 atom stereocenters. The number of aliphatic hydroxyl groups excluding tert-OH is 1. The minimum Gasteiger partial charge on any atom is -0.396 e. The number of hydrogen-bond acceptors (Lipinski definition) is 4. The lowest BCUT2D eigenvalue weighted by Gasteiger charge is -2.28. The quantitative estimate of drug-likeness (QED) is 0.599. The van der Waals surface area contributed by atoms with Gasteiger partial charge in [0.15, 0.2) is 0 Å². The Morgan fingerprint density at radius 3 is 1.64 bits per heavy atom. The Morgan fingerprint density at radius 1 is 0.929 bits per heavy atom. The van der Waals surface area contributed by atoms with E-state index in [9.17, 15) is 0 Å². The minimum absolute atomic E-state index is 0.155. The molecule has 0 aromatic carbocycles. The number of rotatable bonds is 9. The molecule has 0 aliphatic carbocycles. The van der Waals surface area contributed by atoms with Crippen LogP contribution in [0.15, 0.2) is 0 Å². The van der Waals surface area contributed by atoms with Gasteiger partial charge in [-0.25, -0.2) is 0 Å². The monoisotopic (exact) mass is 222 g/mol. The summed E-state index contributed by atoms with van der Waals surface area (Å²) in [5.41, 5.74) is 0. The van der Waals surface area contributed by atoms with Crippen molar-refractivity contribution in [2.24, 2.45) is 0 Å². The Morgan fingerprint density at radius 2 is 1.36 bits per heavy atom. The van der Waals surface area contributed by atoms with Crippen molar-refractivity contribution in [1.82, 2.24) is 0 Å². The summed E-state index contributed by atoms with van der Waals surface area (Å²) < 4.78 is 16.8. The van der Waals surface area contributed by atoms with Gasteiger partial charge in [0.1, 0.15) is 0 Å². The van der Waals surface area contributed by atoms with E-state index >= 15 is 0 Å². The van der Waals surface area contributed by atoms with Gasteiger partial charge in [-0.3, -0.25) is 0 Å². The van der Waals surface area contributed by atoms with Gasteiger partial charge in [0.05, 0.1) is 0 Å². The first-order valence-electron chi connectivity index (χ1n) is 5.27. The molecule has 0 unspecified atom stereocenters. The molecule has 0 fully saturated rings. The lowest BCUT2D eigenvalue weighted by molar-refractivity contribution is 0.0693. The fourth-order valence-corrected chi connectivity index (χ4v) is 3.89. The lowest BCUT2D eigenvalue weighted by Crippen LogP contribution is -2.46. The van der Waals surface area contributed by atoms with Crippen molar-refractivity contribution in [2.45, 2.75) is 33.2 Å². The minimum atomic E-state index is -2.48. The Bertz CT molecular complexity index is 115. The van der Waals surface area contributed by atoms with Gasteiger partial charge >= 0.3 is 8.80 Å². The molecule has 0 heterocycles. The largest absolute Gasteiger partial charge is 0.501 e. The van der Waals surface area contributed by atoms with Crippen molar-refractivity contribution in [3.63, 3.8) is 0 Å². The molecule has 0 saturated carbocycles. The molecular weight excluding hydrogens is 200 g/mol. The highest BCUT2D eigenvalue weighted by Gasteiger charge is 2.39. The second-order valence-electron chi connectivity index (χ2n) is 2.81. The SMILES string of the molecule is CCO[Si](CCCO)(OCC)OCC. The summed E-state index contributed by atoms with van der Waals surface area (Å²) in [4.78, 5) is 0. The van der Waals surface area contributed by atoms with E-state index in [-0.39, 0.29) is 6.61 Å². The molecule has 4 nitrogen and oxygen atoms in total. The molecule has 0 spiro atoms. The summed E-state index contributed by atoms with van der Waals surface area (Å²) >= 11 is 0. The molecule has 0 bridgehead atoms. The normalized spacial score (nSPS) is 12.0. The van der Waals surface area contributed by atoms with Gasteiger partial charge in [-0.1, -0.05) is 0 Å². The van der Waals surface area contributed by atoms with E-state index in [2.05, 4.69) is 0 Å². The molecule has 5 heteroatoms. The lowest BCUT2D eigenvalue weighted by atomic mass is 10.5. The predicted molar refractivity (Wildman–Crippen MR) is 57.1 cm³/mol. The molecule has 1 N–H and O–H groups in total. The van der Waals surface area contributed by atoms with Crippen molar-refractivity contribution in [1.29, 1.82) is 0 Å². The molecule has 14 heavy (non-hydrogen) atoms. The number of aliphatic hydroxyl groups is 1. The van der Waals surface area contributed by atoms with Gasteiger partial charge < -0.3 is 18.4 Å². The second-order valence-corrected chi connectivity index (χ2v) is 5.54. The van der Waals surface area contributed by atoms with Crippen LogP contribution in [0.3, 0.4) is 0 Å². The summed E-state index contributed by atoms with van der Waals surface area (Å²) in [7, 11) is -2.48. The van der Waals surface area contributed by atoms with E-state index in [1.165, 1.54) is 0 Å².